The van der Waals surface area contributed by atoms with E-state index in [1.54, 1.807) is 51.2 Å². The smallest absolute Gasteiger partial charge is 0.407 e. The van der Waals surface area contributed by atoms with Gasteiger partial charge in [-0.2, -0.15) is 11.8 Å². The summed E-state index contributed by atoms with van der Waals surface area (Å²) < 4.78 is 40.2. The number of nitrogens with one attached hydrogen (secondary N) is 5. The molecule has 1 aromatic heterocycles. The lowest BCUT2D eigenvalue weighted by molar-refractivity contribution is -0.123. The molecule has 5 N–H and O–H groups in total. The number of carbonyl (C=O) groups is 5. The molecule has 5 amide bonds. The highest BCUT2D eigenvalue weighted by Gasteiger charge is 2.42. The van der Waals surface area contributed by atoms with Gasteiger partial charge in [-0.3, -0.25) is 14.4 Å². The first-order valence-corrected chi connectivity index (χ1v) is 19.6. The second-order valence-electron chi connectivity index (χ2n) is 14.6. The van der Waals surface area contributed by atoms with Crippen LogP contribution in [0.25, 0.3) is 5.69 Å². The van der Waals surface area contributed by atoms with Crippen LogP contribution in [-0.2, 0) is 20.9 Å². The Balaban J connectivity index is 1.11. The van der Waals surface area contributed by atoms with Gasteiger partial charge in [0.1, 0.15) is 17.9 Å². The average molecular weight is 799 g/mol. The van der Waals surface area contributed by atoms with E-state index in [0.29, 0.717) is 35.9 Å². The second-order valence-corrected chi connectivity index (χ2v) is 15.9. The first-order chi connectivity index (χ1) is 26.8. The zero-order valence-corrected chi connectivity index (χ0v) is 32.4. The number of fused-ring (bicyclic) bond motifs is 1. The molecule has 18 heteroatoms. The Hall–Kier alpha value is -5.26. The third-order valence-electron chi connectivity index (χ3n) is 9.02. The van der Waals surface area contributed by atoms with Gasteiger partial charge < -0.3 is 36.1 Å². The zero-order chi connectivity index (χ0) is 40.2. The fourth-order valence-electron chi connectivity index (χ4n) is 6.24. The highest BCUT2D eigenvalue weighted by Crippen LogP contribution is 2.33. The number of thioether (sulfide) groups is 1. The maximum absolute atomic E-state index is 14.2. The van der Waals surface area contributed by atoms with E-state index in [1.807, 2.05) is 11.8 Å². The molecule has 1 unspecified atom stereocenters. The summed E-state index contributed by atoms with van der Waals surface area (Å²) in [6, 6.07) is 8.77. The maximum Gasteiger partial charge on any atom is 0.407 e. The Morgan fingerprint density at radius 3 is 2.55 bits per heavy atom. The lowest BCUT2D eigenvalue weighted by Gasteiger charge is -2.20. The Morgan fingerprint density at radius 2 is 1.79 bits per heavy atom. The van der Waals surface area contributed by atoms with Crippen molar-refractivity contribution < 1.29 is 42.2 Å². The number of para-hydroxylation sites is 1. The minimum Gasteiger partial charge on any atom is -0.480 e. The highest BCUT2D eigenvalue weighted by atomic mass is 32.2. The van der Waals surface area contributed by atoms with Crippen molar-refractivity contribution in [3.05, 3.63) is 71.6 Å². The van der Waals surface area contributed by atoms with E-state index in [0.717, 1.165) is 37.1 Å². The van der Waals surface area contributed by atoms with Crippen LogP contribution in [0.1, 0.15) is 81.8 Å². The van der Waals surface area contributed by atoms with Gasteiger partial charge in [-0.25, -0.2) is 23.1 Å². The molecule has 2 aliphatic rings. The molecular weight excluding hydrogens is 751 g/mol. The summed E-state index contributed by atoms with van der Waals surface area (Å²) in [5.41, 5.74) is 0.545. The number of unbranched alkanes of at least 4 members (excludes halogenated alkanes) is 2. The predicted molar refractivity (Wildman–Crippen MR) is 203 cm³/mol. The third kappa shape index (κ3) is 12.4. The van der Waals surface area contributed by atoms with E-state index in [9.17, 15) is 32.8 Å². The molecule has 302 valence electrons. The molecule has 0 radical (unpaired) electrons. The van der Waals surface area contributed by atoms with Crippen LogP contribution in [-0.4, -0.2) is 92.6 Å². The number of ether oxygens (including phenoxy) is 2. The quantitative estimate of drug-likeness (QED) is 0.0861. The number of hydrogen-bond donors (Lipinski definition) is 5. The van der Waals surface area contributed by atoms with Crippen LogP contribution in [0.5, 0.6) is 5.75 Å². The van der Waals surface area contributed by atoms with E-state index in [4.69, 9.17) is 9.47 Å². The molecule has 15 nitrogen and oxygen atoms in total. The van der Waals surface area contributed by atoms with E-state index >= 15 is 0 Å². The number of hydrogen-bond acceptors (Lipinski definition) is 10. The Labute approximate surface area is 327 Å². The second kappa shape index (κ2) is 19.6. The molecule has 0 saturated carbocycles. The van der Waals surface area contributed by atoms with E-state index in [1.165, 1.54) is 10.7 Å². The minimum atomic E-state index is -1.08. The van der Waals surface area contributed by atoms with Crippen molar-refractivity contribution in [3.63, 3.8) is 0 Å². The van der Waals surface area contributed by atoms with E-state index in [-0.39, 0.29) is 49.1 Å². The van der Waals surface area contributed by atoms with Crippen LogP contribution in [0, 0.1) is 11.6 Å². The molecule has 3 aromatic rings. The van der Waals surface area contributed by atoms with Gasteiger partial charge in [0, 0.05) is 29.5 Å². The normalized spacial score (nSPS) is 17.9. The van der Waals surface area contributed by atoms with Gasteiger partial charge in [0.25, 0.3) is 5.91 Å². The van der Waals surface area contributed by atoms with Crippen LogP contribution in [0.15, 0.2) is 48.7 Å². The van der Waals surface area contributed by atoms with Crippen molar-refractivity contribution >= 4 is 41.5 Å². The van der Waals surface area contributed by atoms with Crippen molar-refractivity contribution in [1.82, 2.24) is 41.6 Å². The minimum absolute atomic E-state index is 0.112. The number of benzene rings is 2. The number of urea groups is 1. The molecule has 5 rings (SSSR count). The third-order valence-corrected chi connectivity index (χ3v) is 10.5. The standard InChI is InChI=1S/C38H48F2N8O7S/c1-38(2,3)55-37(53)41-17-7-6-14-28(30(49)21-54-34-26(39)12-9-13-27(34)40)43-35(51)23-10-8-11-25(18-23)48-20-24(46-47-48)19-42-32(50)16-5-4-15-31-33-29(22-56-31)44-36(52)45-33/h8-13,18,20,28-29,31,33H,4-7,14-17,19,21-22H2,1-3H3,(H,41,53)(H,42,50)(H,43,51)(H2,44,45,52)/t28-,29?,31-,33-/m0/s1. The molecule has 0 aliphatic carbocycles. The molecule has 2 aliphatic heterocycles. The number of Topliss-reactive ketones (excluding diaryl/α,β-unsaturated/α-hetero) is 1. The zero-order valence-electron chi connectivity index (χ0n) is 31.6. The first kappa shape index (κ1) is 41.9. The van der Waals surface area contributed by atoms with Gasteiger partial charge in [-0.05, 0) is 83.2 Å². The monoisotopic (exact) mass is 798 g/mol. The van der Waals surface area contributed by atoms with Crippen LogP contribution in [0.3, 0.4) is 0 Å². The molecule has 0 spiro atoms. The van der Waals surface area contributed by atoms with Gasteiger partial charge >= 0.3 is 12.1 Å². The summed E-state index contributed by atoms with van der Waals surface area (Å²) in [6.07, 6.45) is 4.92. The fourth-order valence-corrected chi connectivity index (χ4v) is 7.79. The molecule has 2 saturated heterocycles. The van der Waals surface area contributed by atoms with E-state index < -0.39 is 53.4 Å². The highest BCUT2D eigenvalue weighted by molar-refractivity contribution is 8.00. The van der Waals surface area contributed by atoms with Crippen LogP contribution in [0.4, 0.5) is 18.4 Å². The fraction of sp³-hybridized carbons (Fsp3) is 0.500. The lowest BCUT2D eigenvalue weighted by Crippen LogP contribution is -2.43. The first-order valence-electron chi connectivity index (χ1n) is 18.6. The van der Waals surface area contributed by atoms with Crippen LogP contribution in [0.2, 0.25) is 0 Å². The molecule has 2 aromatic carbocycles. The van der Waals surface area contributed by atoms with E-state index in [2.05, 4.69) is 36.9 Å². The lowest BCUT2D eigenvalue weighted by atomic mass is 10.0. The molecule has 0 bridgehead atoms. The number of halogens is 2. The van der Waals surface area contributed by atoms with Gasteiger partial charge in [0.15, 0.2) is 23.2 Å². The Morgan fingerprint density at radius 1 is 1.02 bits per heavy atom. The number of aromatic nitrogens is 3. The predicted octanol–water partition coefficient (Wildman–Crippen LogP) is 4.33. The SMILES string of the molecule is CC(C)(C)OC(=O)NCCCC[C@H](NC(=O)c1cccc(-n2cc(CNC(=O)CCCC[C@@H]3SCC4NC(=O)N[C@@H]43)nn2)c1)C(=O)COc1c(F)cccc1F. The number of carbonyl (C=O) groups excluding carboxylic acids is 5. The Kier molecular flexibility index (Phi) is 14.6. The number of nitrogens with zero attached hydrogens (tertiary/aromatic N) is 3. The van der Waals surface area contributed by atoms with Gasteiger partial charge in [0.2, 0.25) is 5.91 Å². The number of rotatable bonds is 19. The van der Waals surface area contributed by atoms with Crippen LogP contribution < -0.4 is 31.3 Å². The molecule has 56 heavy (non-hydrogen) atoms. The van der Waals surface area contributed by atoms with Gasteiger partial charge in [-0.1, -0.05) is 23.8 Å². The molecular formula is C38H48F2N8O7S. The van der Waals surface area contributed by atoms with Crippen molar-refractivity contribution in [2.75, 3.05) is 18.9 Å². The van der Waals surface area contributed by atoms with Crippen molar-refractivity contribution in [1.29, 1.82) is 0 Å². The number of alkyl carbamates (subject to hydrolysis) is 1. The maximum atomic E-state index is 14.2. The summed E-state index contributed by atoms with van der Waals surface area (Å²) >= 11 is 1.85. The van der Waals surface area contributed by atoms with Gasteiger partial charge in [0.05, 0.1) is 36.6 Å². The summed E-state index contributed by atoms with van der Waals surface area (Å²) in [6.45, 7) is 4.96. The van der Waals surface area contributed by atoms with Crippen molar-refractivity contribution in [2.24, 2.45) is 0 Å². The summed E-state index contributed by atoms with van der Waals surface area (Å²) in [5.74, 6) is -3.04. The van der Waals surface area contributed by atoms with Crippen LogP contribution >= 0.6 is 11.8 Å². The number of amides is 5. The average Bonchev–Trinajstić information content (AvgIpc) is 3.87. The molecule has 3 heterocycles. The van der Waals surface area contributed by atoms with Gasteiger partial charge in [-0.15, -0.1) is 5.10 Å². The summed E-state index contributed by atoms with van der Waals surface area (Å²) in [4.78, 5) is 62.8. The largest absolute Gasteiger partial charge is 0.480 e. The molecule has 2 fully saturated rings. The summed E-state index contributed by atoms with van der Waals surface area (Å²) in [7, 11) is 0. The number of ketones is 1. The Bertz CT molecular complexity index is 1850. The molecule has 4 atom stereocenters. The van der Waals surface area contributed by atoms with Crippen molar-refractivity contribution in [2.45, 2.75) is 101 Å². The summed E-state index contributed by atoms with van der Waals surface area (Å²) in [5, 5.41) is 22.8. The topological polar surface area (TPSA) is 195 Å². The van der Waals surface area contributed by atoms with Crippen molar-refractivity contribution in [3.8, 4) is 11.4 Å².